The summed E-state index contributed by atoms with van der Waals surface area (Å²) in [5.41, 5.74) is 6.16. The molecule has 3 N–H and O–H groups in total. The molecule has 1 aromatic heterocycles. The lowest BCUT2D eigenvalue weighted by atomic mass is 10.3. The van der Waals surface area contributed by atoms with Gasteiger partial charge >= 0.3 is 6.36 Å². The summed E-state index contributed by atoms with van der Waals surface area (Å²) in [5, 5.41) is 6.63. The molecule has 0 aliphatic heterocycles. The van der Waals surface area contributed by atoms with E-state index in [9.17, 15) is 13.2 Å². The lowest BCUT2D eigenvalue weighted by Gasteiger charge is -2.10. The first-order valence-corrected chi connectivity index (χ1v) is 6.09. The molecule has 126 valence electrons. The normalized spacial score (nSPS) is 11.7. The van der Waals surface area contributed by atoms with Crippen molar-refractivity contribution in [3.05, 3.63) is 36.4 Å². The van der Waals surface area contributed by atoms with E-state index in [-0.39, 0.29) is 42.2 Å². The number of benzene rings is 1. The Kier molecular flexibility index (Phi) is 6.60. The summed E-state index contributed by atoms with van der Waals surface area (Å²) in [5.74, 6) is 0.416. The highest BCUT2D eigenvalue weighted by Gasteiger charge is 2.30. The molecule has 2 rings (SSSR count). The van der Waals surface area contributed by atoms with E-state index in [1.165, 1.54) is 30.6 Å². The number of aromatic nitrogens is 3. The number of aryl methyl sites for hydroxylation is 1. The number of hydrogen-bond acceptors (Lipinski definition) is 4. The molecule has 0 unspecified atom stereocenters. The van der Waals surface area contributed by atoms with Gasteiger partial charge in [-0.1, -0.05) is 0 Å². The highest BCUT2D eigenvalue weighted by Crippen LogP contribution is 2.23. The summed E-state index contributed by atoms with van der Waals surface area (Å²) in [7, 11) is 1.72. The Morgan fingerprint density at radius 1 is 1.35 bits per heavy atom. The maximum atomic E-state index is 12.0. The van der Waals surface area contributed by atoms with E-state index in [1.54, 1.807) is 11.7 Å². The molecule has 0 aliphatic rings. The summed E-state index contributed by atoms with van der Waals surface area (Å²) < 4.78 is 41.4. The lowest BCUT2D eigenvalue weighted by molar-refractivity contribution is -0.274. The van der Waals surface area contributed by atoms with E-state index < -0.39 is 6.36 Å². The Morgan fingerprint density at radius 2 is 2.00 bits per heavy atom. The van der Waals surface area contributed by atoms with Gasteiger partial charge in [0.25, 0.3) is 0 Å². The van der Waals surface area contributed by atoms with Gasteiger partial charge in [-0.3, -0.25) is 4.68 Å². The minimum atomic E-state index is -4.72. The largest absolute Gasteiger partial charge is 0.573 e. The van der Waals surface area contributed by atoms with Crippen LogP contribution in [0.5, 0.6) is 5.75 Å². The van der Waals surface area contributed by atoms with Gasteiger partial charge in [0.15, 0.2) is 5.96 Å². The summed E-state index contributed by atoms with van der Waals surface area (Å²) in [4.78, 5) is 8.03. The van der Waals surface area contributed by atoms with Crippen molar-refractivity contribution in [2.75, 3.05) is 5.32 Å². The van der Waals surface area contributed by atoms with Crippen LogP contribution in [0.4, 0.5) is 18.9 Å². The molecule has 1 heterocycles. The first kappa shape index (κ1) is 19.0. The molecular weight excluding hydrogens is 428 g/mol. The number of guanidine groups is 1. The molecule has 0 fully saturated rings. The standard InChI is InChI=1S/C12H13F3N6O.HI/c1-21-10(18-7-19-21)6-17-11(16)20-8-2-4-9(5-3-8)22-12(13,14)15;/h2-5,7H,6H2,1H3,(H3,16,17,20);1H. The summed E-state index contributed by atoms with van der Waals surface area (Å²) in [6.45, 7) is 0.227. The van der Waals surface area contributed by atoms with Crippen molar-refractivity contribution in [2.24, 2.45) is 17.8 Å². The van der Waals surface area contributed by atoms with E-state index in [1.807, 2.05) is 0 Å². The second kappa shape index (κ2) is 7.99. The molecule has 1 aromatic carbocycles. The molecule has 0 aliphatic carbocycles. The monoisotopic (exact) mass is 442 g/mol. The van der Waals surface area contributed by atoms with Gasteiger partial charge < -0.3 is 15.8 Å². The fourth-order valence-corrected chi connectivity index (χ4v) is 1.55. The molecule has 2 aromatic rings. The zero-order valence-corrected chi connectivity index (χ0v) is 14.2. The predicted molar refractivity (Wildman–Crippen MR) is 88.5 cm³/mol. The van der Waals surface area contributed by atoms with Crippen molar-refractivity contribution in [3.8, 4) is 5.75 Å². The fourth-order valence-electron chi connectivity index (χ4n) is 1.55. The van der Waals surface area contributed by atoms with Crippen LogP contribution in [0.15, 0.2) is 35.6 Å². The molecule has 0 bridgehead atoms. The Hall–Kier alpha value is -2.05. The average molecular weight is 442 g/mol. The number of nitrogens with one attached hydrogen (secondary N) is 1. The van der Waals surface area contributed by atoms with E-state index >= 15 is 0 Å². The van der Waals surface area contributed by atoms with Gasteiger partial charge in [-0.2, -0.15) is 5.10 Å². The summed E-state index contributed by atoms with van der Waals surface area (Å²) >= 11 is 0. The minimum absolute atomic E-state index is 0. The molecule has 23 heavy (non-hydrogen) atoms. The third kappa shape index (κ3) is 6.30. The Bertz CT molecular complexity index is 656. The van der Waals surface area contributed by atoms with Crippen LogP contribution in [-0.2, 0) is 13.6 Å². The smallest absolute Gasteiger partial charge is 0.406 e. The van der Waals surface area contributed by atoms with Crippen molar-refractivity contribution >= 4 is 35.6 Å². The van der Waals surface area contributed by atoms with E-state index in [4.69, 9.17) is 5.73 Å². The fraction of sp³-hybridized carbons (Fsp3) is 0.250. The lowest BCUT2D eigenvalue weighted by Crippen LogP contribution is -2.23. The van der Waals surface area contributed by atoms with Crippen LogP contribution in [0.25, 0.3) is 0 Å². The first-order valence-electron chi connectivity index (χ1n) is 6.09. The number of nitrogens with two attached hydrogens (primary N) is 1. The maximum Gasteiger partial charge on any atom is 0.573 e. The summed E-state index contributed by atoms with van der Waals surface area (Å²) in [6, 6.07) is 5.13. The van der Waals surface area contributed by atoms with Crippen molar-refractivity contribution in [1.82, 2.24) is 14.8 Å². The van der Waals surface area contributed by atoms with Crippen molar-refractivity contribution in [3.63, 3.8) is 0 Å². The van der Waals surface area contributed by atoms with Crippen LogP contribution in [0.2, 0.25) is 0 Å². The first-order chi connectivity index (χ1) is 10.3. The third-order valence-corrected chi connectivity index (χ3v) is 2.56. The number of rotatable bonds is 4. The molecule has 0 spiro atoms. The third-order valence-electron chi connectivity index (χ3n) is 2.56. The predicted octanol–water partition coefficient (Wildman–Crippen LogP) is 2.26. The van der Waals surface area contributed by atoms with Crippen molar-refractivity contribution < 1.29 is 17.9 Å². The SMILES string of the molecule is Cn1ncnc1CN=C(N)Nc1ccc(OC(F)(F)F)cc1.I. The van der Waals surface area contributed by atoms with Gasteiger partial charge in [0.05, 0.1) is 0 Å². The number of aliphatic imine (C=N–C) groups is 1. The molecule has 0 atom stereocenters. The second-order valence-electron chi connectivity index (χ2n) is 4.20. The van der Waals surface area contributed by atoms with Gasteiger partial charge in [-0.15, -0.1) is 37.1 Å². The maximum absolute atomic E-state index is 12.0. The number of nitrogens with zero attached hydrogens (tertiary/aromatic N) is 4. The zero-order chi connectivity index (χ0) is 16.2. The number of alkyl halides is 3. The van der Waals surface area contributed by atoms with Gasteiger partial charge in [0, 0.05) is 12.7 Å². The Balaban J connectivity index is 0.00000264. The molecular formula is C12H14F3IN6O. The van der Waals surface area contributed by atoms with Crippen molar-refractivity contribution in [1.29, 1.82) is 0 Å². The molecule has 0 saturated carbocycles. The summed E-state index contributed by atoms with van der Waals surface area (Å²) in [6.07, 6.45) is -3.32. The van der Waals surface area contributed by atoms with E-state index in [0.717, 1.165) is 0 Å². The Labute approximate surface area is 146 Å². The molecule has 0 saturated heterocycles. The second-order valence-corrected chi connectivity index (χ2v) is 4.20. The van der Waals surface area contributed by atoms with Gasteiger partial charge in [-0.05, 0) is 24.3 Å². The number of hydrogen-bond donors (Lipinski definition) is 2. The van der Waals surface area contributed by atoms with Crippen LogP contribution in [0.1, 0.15) is 5.82 Å². The minimum Gasteiger partial charge on any atom is -0.406 e. The van der Waals surface area contributed by atoms with Gasteiger partial charge in [0.1, 0.15) is 24.4 Å². The number of anilines is 1. The average Bonchev–Trinajstić information content (AvgIpc) is 2.83. The van der Waals surface area contributed by atoms with Crippen LogP contribution in [0.3, 0.4) is 0 Å². The number of halogens is 4. The van der Waals surface area contributed by atoms with Crippen LogP contribution < -0.4 is 15.8 Å². The highest BCUT2D eigenvalue weighted by atomic mass is 127. The van der Waals surface area contributed by atoms with Crippen LogP contribution >= 0.6 is 24.0 Å². The highest BCUT2D eigenvalue weighted by molar-refractivity contribution is 14.0. The molecule has 7 nitrogen and oxygen atoms in total. The van der Waals surface area contributed by atoms with Crippen LogP contribution in [0, 0.1) is 0 Å². The van der Waals surface area contributed by atoms with Crippen LogP contribution in [-0.4, -0.2) is 27.1 Å². The topological polar surface area (TPSA) is 90.4 Å². The Morgan fingerprint density at radius 3 is 2.52 bits per heavy atom. The quantitative estimate of drug-likeness (QED) is 0.431. The molecule has 0 amide bonds. The van der Waals surface area contributed by atoms with E-state index in [0.29, 0.717) is 11.5 Å². The van der Waals surface area contributed by atoms with E-state index in [2.05, 4.69) is 25.1 Å². The van der Waals surface area contributed by atoms with Gasteiger partial charge in [-0.25, -0.2) is 9.98 Å². The molecule has 0 radical (unpaired) electrons. The number of ether oxygens (including phenoxy) is 1. The molecule has 11 heteroatoms. The van der Waals surface area contributed by atoms with Crippen molar-refractivity contribution in [2.45, 2.75) is 12.9 Å². The zero-order valence-electron chi connectivity index (χ0n) is 11.9. The van der Waals surface area contributed by atoms with Gasteiger partial charge in [0.2, 0.25) is 0 Å².